The average Bonchev–Trinajstić information content (AvgIpc) is 3.02. The number of nitrogens with zero attached hydrogens (tertiary/aromatic N) is 1. The van der Waals surface area contributed by atoms with Crippen LogP contribution < -0.4 is 0 Å². The van der Waals surface area contributed by atoms with Gasteiger partial charge in [-0.15, -0.1) is 0 Å². The fourth-order valence-electron chi connectivity index (χ4n) is 4.55. The number of allylic oxidation sites excluding steroid dienone is 1. The van der Waals surface area contributed by atoms with Crippen molar-refractivity contribution in [3.63, 3.8) is 0 Å². The molecule has 1 saturated carbocycles. The van der Waals surface area contributed by atoms with Crippen LogP contribution in [-0.2, 0) is 14.8 Å². The van der Waals surface area contributed by atoms with Crippen molar-refractivity contribution in [3.8, 4) is 0 Å². The summed E-state index contributed by atoms with van der Waals surface area (Å²) in [4.78, 5) is 12.7. The Bertz CT molecular complexity index is 808. The van der Waals surface area contributed by atoms with E-state index in [4.69, 9.17) is 0 Å². The van der Waals surface area contributed by atoms with Crippen molar-refractivity contribution in [1.29, 1.82) is 0 Å². The number of sulfonamides is 1. The van der Waals surface area contributed by atoms with Gasteiger partial charge in [0.25, 0.3) is 0 Å². The number of carbonyl (C=O) groups excluding carboxylic acids is 1. The first-order valence-electron chi connectivity index (χ1n) is 8.83. The molecule has 2 atom stereocenters. The van der Waals surface area contributed by atoms with Gasteiger partial charge in [-0.2, -0.15) is 4.31 Å². The van der Waals surface area contributed by atoms with Crippen LogP contribution >= 0.6 is 0 Å². The normalized spacial score (nSPS) is 28.0. The van der Waals surface area contributed by atoms with E-state index < -0.39 is 10.0 Å². The molecule has 24 heavy (non-hydrogen) atoms. The summed E-state index contributed by atoms with van der Waals surface area (Å²) in [6, 6.07) is 6.98. The van der Waals surface area contributed by atoms with Crippen molar-refractivity contribution in [3.05, 3.63) is 41.0 Å². The van der Waals surface area contributed by atoms with Crippen LogP contribution in [0.3, 0.4) is 0 Å². The topological polar surface area (TPSA) is 54.5 Å². The van der Waals surface area contributed by atoms with Gasteiger partial charge < -0.3 is 0 Å². The summed E-state index contributed by atoms with van der Waals surface area (Å²) >= 11 is 0. The van der Waals surface area contributed by atoms with Crippen LogP contribution in [-0.4, -0.2) is 31.1 Å². The standard InChI is InChI=1S/C19H23NO3S/c1-13-5-8-15(9-6-13)24(22,23)20-11-3-2-4-16-18(21)12-14-7-10-17(20)19(14)16/h5-6,8-9,14,17H,2-4,7,10-12H2,1H3/t14-,17+/m1/s1. The molecule has 0 amide bonds. The Morgan fingerprint density at radius 2 is 1.83 bits per heavy atom. The lowest BCUT2D eigenvalue weighted by Crippen LogP contribution is -2.41. The molecule has 0 saturated heterocycles. The molecule has 0 spiro atoms. The summed E-state index contributed by atoms with van der Waals surface area (Å²) in [6.07, 6.45) is 4.93. The number of ketones is 1. The maximum Gasteiger partial charge on any atom is 0.243 e. The maximum atomic E-state index is 13.2. The highest BCUT2D eigenvalue weighted by atomic mass is 32.2. The van der Waals surface area contributed by atoms with Crippen molar-refractivity contribution in [2.24, 2.45) is 5.92 Å². The van der Waals surface area contributed by atoms with Crippen LogP contribution in [0.25, 0.3) is 0 Å². The Balaban J connectivity index is 1.77. The van der Waals surface area contributed by atoms with Gasteiger partial charge in [0.2, 0.25) is 10.0 Å². The molecule has 128 valence electrons. The third kappa shape index (κ3) is 2.45. The predicted molar refractivity (Wildman–Crippen MR) is 92.1 cm³/mol. The molecule has 0 aromatic heterocycles. The Kier molecular flexibility index (Phi) is 3.88. The second-order valence-corrected chi connectivity index (χ2v) is 9.13. The Hall–Kier alpha value is -1.46. The minimum atomic E-state index is -3.52. The van der Waals surface area contributed by atoms with E-state index in [-0.39, 0.29) is 17.7 Å². The second-order valence-electron chi connectivity index (χ2n) is 7.24. The quantitative estimate of drug-likeness (QED) is 0.827. The third-order valence-electron chi connectivity index (χ3n) is 5.73. The summed E-state index contributed by atoms with van der Waals surface area (Å²) in [5.41, 5.74) is 3.15. The molecule has 1 aromatic rings. The molecular formula is C19H23NO3S. The fourth-order valence-corrected chi connectivity index (χ4v) is 6.23. The van der Waals surface area contributed by atoms with Crippen molar-refractivity contribution >= 4 is 15.8 Å². The zero-order valence-corrected chi connectivity index (χ0v) is 14.8. The molecule has 1 aromatic carbocycles. The number of hydrogen-bond acceptors (Lipinski definition) is 3. The summed E-state index contributed by atoms with van der Waals surface area (Å²) in [5, 5.41) is 0. The smallest absolute Gasteiger partial charge is 0.243 e. The minimum Gasteiger partial charge on any atom is -0.295 e. The van der Waals surface area contributed by atoms with E-state index in [1.165, 1.54) is 0 Å². The molecule has 0 radical (unpaired) electrons. The molecule has 3 aliphatic rings. The average molecular weight is 345 g/mol. The highest BCUT2D eigenvalue weighted by Crippen LogP contribution is 2.47. The lowest BCUT2D eigenvalue weighted by Gasteiger charge is -2.31. The first kappa shape index (κ1) is 16.0. The van der Waals surface area contributed by atoms with Gasteiger partial charge in [0, 0.05) is 19.0 Å². The Morgan fingerprint density at radius 1 is 1.08 bits per heavy atom. The molecule has 0 N–H and O–H groups in total. The van der Waals surface area contributed by atoms with Crippen LogP contribution in [0.1, 0.15) is 44.1 Å². The zero-order chi connectivity index (χ0) is 16.9. The molecule has 0 bridgehead atoms. The van der Waals surface area contributed by atoms with Crippen LogP contribution in [0.4, 0.5) is 0 Å². The van der Waals surface area contributed by atoms with Gasteiger partial charge in [-0.05, 0) is 68.2 Å². The molecule has 5 heteroatoms. The minimum absolute atomic E-state index is 0.108. The van der Waals surface area contributed by atoms with Crippen molar-refractivity contribution in [1.82, 2.24) is 4.31 Å². The number of benzene rings is 1. The van der Waals surface area contributed by atoms with Gasteiger partial charge >= 0.3 is 0 Å². The van der Waals surface area contributed by atoms with Crippen molar-refractivity contribution in [2.45, 2.75) is 56.4 Å². The number of rotatable bonds is 2. The summed E-state index contributed by atoms with van der Waals surface area (Å²) in [6.45, 7) is 2.51. The third-order valence-corrected chi connectivity index (χ3v) is 7.66. The van der Waals surface area contributed by atoms with Crippen LogP contribution in [0.15, 0.2) is 40.3 Å². The van der Waals surface area contributed by atoms with Crippen LogP contribution in [0, 0.1) is 12.8 Å². The lowest BCUT2D eigenvalue weighted by molar-refractivity contribution is -0.115. The van der Waals surface area contributed by atoms with Gasteiger partial charge in [0.1, 0.15) is 0 Å². The van der Waals surface area contributed by atoms with E-state index in [0.29, 0.717) is 17.9 Å². The first-order valence-corrected chi connectivity index (χ1v) is 10.3. The lowest BCUT2D eigenvalue weighted by atomic mass is 9.97. The maximum absolute atomic E-state index is 13.2. The molecule has 1 aliphatic heterocycles. The number of carbonyl (C=O) groups is 1. The highest BCUT2D eigenvalue weighted by molar-refractivity contribution is 7.89. The van der Waals surface area contributed by atoms with E-state index in [0.717, 1.165) is 48.8 Å². The molecule has 1 fully saturated rings. The molecular weight excluding hydrogens is 322 g/mol. The van der Waals surface area contributed by atoms with E-state index in [2.05, 4.69) is 0 Å². The predicted octanol–water partition coefficient (Wildman–Crippen LogP) is 3.22. The monoisotopic (exact) mass is 345 g/mol. The van der Waals surface area contributed by atoms with Crippen LogP contribution in [0.2, 0.25) is 0 Å². The molecule has 0 unspecified atom stereocenters. The van der Waals surface area contributed by atoms with Gasteiger partial charge in [-0.1, -0.05) is 17.7 Å². The Labute approximate surface area is 143 Å². The van der Waals surface area contributed by atoms with Gasteiger partial charge in [0.05, 0.1) is 4.90 Å². The van der Waals surface area contributed by atoms with Gasteiger partial charge in [-0.25, -0.2) is 8.42 Å². The van der Waals surface area contributed by atoms with Crippen molar-refractivity contribution < 1.29 is 13.2 Å². The van der Waals surface area contributed by atoms with Gasteiger partial charge in [-0.3, -0.25) is 4.79 Å². The summed E-state index contributed by atoms with van der Waals surface area (Å²) in [5.74, 6) is 0.542. The first-order chi connectivity index (χ1) is 11.5. The zero-order valence-electron chi connectivity index (χ0n) is 14.0. The van der Waals surface area contributed by atoms with E-state index in [1.54, 1.807) is 16.4 Å². The molecule has 2 aliphatic carbocycles. The van der Waals surface area contributed by atoms with Gasteiger partial charge in [0.15, 0.2) is 5.78 Å². The van der Waals surface area contributed by atoms with Crippen LogP contribution in [0.5, 0.6) is 0 Å². The second kappa shape index (κ2) is 5.81. The SMILES string of the molecule is Cc1ccc(S(=O)(=O)N2CCCCC3=C4[C@H](CC[C@@H]42)CC3=O)cc1. The van der Waals surface area contributed by atoms with E-state index >= 15 is 0 Å². The van der Waals surface area contributed by atoms with E-state index in [1.807, 2.05) is 19.1 Å². The Morgan fingerprint density at radius 3 is 2.58 bits per heavy atom. The summed E-state index contributed by atoms with van der Waals surface area (Å²) < 4.78 is 28.2. The van der Waals surface area contributed by atoms with E-state index in [9.17, 15) is 13.2 Å². The number of hydrogen-bond donors (Lipinski definition) is 0. The summed E-state index contributed by atoms with van der Waals surface area (Å²) in [7, 11) is -3.52. The molecule has 4 rings (SSSR count). The van der Waals surface area contributed by atoms with Crippen molar-refractivity contribution in [2.75, 3.05) is 6.54 Å². The fraction of sp³-hybridized carbons (Fsp3) is 0.526. The largest absolute Gasteiger partial charge is 0.295 e. The molecule has 4 nitrogen and oxygen atoms in total. The number of aryl methyl sites for hydroxylation is 1. The number of Topliss-reactive ketones (excluding diaryl/α,β-unsaturated/α-hetero) is 1. The highest BCUT2D eigenvalue weighted by Gasteiger charge is 2.46. The molecule has 1 heterocycles.